The number of piperazine rings is 1. The molecule has 1 aliphatic heterocycles. The van der Waals surface area contributed by atoms with Gasteiger partial charge in [-0.25, -0.2) is 0 Å². The van der Waals surface area contributed by atoms with E-state index >= 15 is 0 Å². The minimum absolute atomic E-state index is 0. The molecule has 0 aromatic heterocycles. The highest BCUT2D eigenvalue weighted by Gasteiger charge is 2.35. The molecular formula is C24H42Cl2N2O. The summed E-state index contributed by atoms with van der Waals surface area (Å²) in [7, 11) is 0. The molecule has 1 aromatic carbocycles. The van der Waals surface area contributed by atoms with Gasteiger partial charge in [0.05, 0.1) is 0 Å². The number of nitrogens with one attached hydrogen (secondary N) is 1. The van der Waals surface area contributed by atoms with E-state index in [1.54, 1.807) is 0 Å². The first kappa shape index (κ1) is 26.6. The molecule has 1 atom stereocenters. The second-order valence-corrected chi connectivity index (χ2v) is 10.7. The van der Waals surface area contributed by atoms with Gasteiger partial charge >= 0.3 is 0 Å². The number of phenols is 1. The van der Waals surface area contributed by atoms with Crippen LogP contribution in [0.4, 0.5) is 0 Å². The Labute approximate surface area is 190 Å². The molecule has 2 aliphatic rings. The molecule has 0 radical (unpaired) electrons. The summed E-state index contributed by atoms with van der Waals surface area (Å²) < 4.78 is 0. The first-order chi connectivity index (χ1) is 12.6. The largest absolute Gasteiger partial charge is 0.507 e. The van der Waals surface area contributed by atoms with Crippen LogP contribution in [0.5, 0.6) is 5.75 Å². The number of benzene rings is 1. The minimum atomic E-state index is -0.0657. The molecule has 1 saturated heterocycles. The van der Waals surface area contributed by atoms with E-state index in [9.17, 15) is 5.11 Å². The SMILES string of the molecule is CC(C)(C)c1cc([C@@H](C2CCCC2)N2CCNCC2)cc(C(C)(C)C)c1O.Cl.Cl. The fourth-order valence-corrected chi connectivity index (χ4v) is 4.99. The first-order valence-electron chi connectivity index (χ1n) is 10.9. The second kappa shape index (κ2) is 10.2. The van der Waals surface area contributed by atoms with Crippen LogP contribution in [0, 0.1) is 5.92 Å². The van der Waals surface area contributed by atoms with Crippen LogP contribution in [-0.2, 0) is 10.8 Å². The van der Waals surface area contributed by atoms with E-state index in [0.717, 1.165) is 43.2 Å². The van der Waals surface area contributed by atoms with Crippen LogP contribution in [-0.4, -0.2) is 36.2 Å². The van der Waals surface area contributed by atoms with Gasteiger partial charge < -0.3 is 10.4 Å². The molecule has 29 heavy (non-hydrogen) atoms. The highest BCUT2D eigenvalue weighted by Crippen LogP contribution is 2.45. The summed E-state index contributed by atoms with van der Waals surface area (Å²) in [4.78, 5) is 2.71. The molecule has 5 heteroatoms. The zero-order valence-electron chi connectivity index (χ0n) is 19.2. The molecule has 0 spiro atoms. The highest BCUT2D eigenvalue weighted by molar-refractivity contribution is 5.85. The second-order valence-electron chi connectivity index (χ2n) is 10.7. The molecule has 2 fully saturated rings. The summed E-state index contributed by atoms with van der Waals surface area (Å²) in [6, 6.07) is 5.14. The molecule has 2 N–H and O–H groups in total. The van der Waals surface area contributed by atoms with E-state index in [1.807, 2.05) is 0 Å². The zero-order chi connectivity index (χ0) is 19.8. The smallest absolute Gasteiger partial charge is 0.123 e. The molecule has 0 amide bonds. The van der Waals surface area contributed by atoms with Crippen molar-refractivity contribution in [1.29, 1.82) is 0 Å². The number of phenolic OH excluding ortho intramolecular Hbond substituents is 1. The predicted molar refractivity (Wildman–Crippen MR) is 129 cm³/mol. The minimum Gasteiger partial charge on any atom is -0.507 e. The number of aromatic hydroxyl groups is 1. The molecule has 1 aliphatic carbocycles. The van der Waals surface area contributed by atoms with E-state index in [2.05, 4.69) is 63.9 Å². The average molecular weight is 446 g/mol. The third-order valence-corrected chi connectivity index (χ3v) is 6.48. The maximum absolute atomic E-state index is 11.1. The Morgan fingerprint density at radius 2 is 1.34 bits per heavy atom. The van der Waals surface area contributed by atoms with Crippen molar-refractivity contribution in [3.8, 4) is 5.75 Å². The Balaban J connectivity index is 0.00000210. The molecule has 3 nitrogen and oxygen atoms in total. The fraction of sp³-hybridized carbons (Fsp3) is 0.750. The number of halogens is 2. The van der Waals surface area contributed by atoms with Gasteiger partial charge in [0.25, 0.3) is 0 Å². The Hall–Kier alpha value is -0.480. The Morgan fingerprint density at radius 3 is 1.76 bits per heavy atom. The van der Waals surface area contributed by atoms with Gasteiger partial charge in [0.15, 0.2) is 0 Å². The van der Waals surface area contributed by atoms with Crippen LogP contribution in [0.25, 0.3) is 0 Å². The van der Waals surface area contributed by atoms with Gasteiger partial charge in [0.2, 0.25) is 0 Å². The maximum Gasteiger partial charge on any atom is 0.123 e. The standard InChI is InChI=1S/C24H40N2O.2ClH/c1-23(2,3)19-15-18(16-20(22(19)27)24(4,5)6)21(17-9-7-8-10-17)26-13-11-25-12-14-26;;/h15-17,21,25,27H,7-14H2,1-6H3;2*1H/t21-;;/m1../s1. The normalized spacial score (nSPS) is 20.1. The van der Waals surface area contributed by atoms with Crippen LogP contribution < -0.4 is 5.32 Å². The summed E-state index contributed by atoms with van der Waals surface area (Å²) in [5, 5.41) is 14.6. The van der Waals surface area contributed by atoms with Gasteiger partial charge in [0, 0.05) is 32.2 Å². The topological polar surface area (TPSA) is 35.5 Å². The van der Waals surface area contributed by atoms with E-state index in [-0.39, 0.29) is 35.6 Å². The third-order valence-electron chi connectivity index (χ3n) is 6.48. The van der Waals surface area contributed by atoms with Crippen molar-refractivity contribution in [3.05, 3.63) is 28.8 Å². The lowest BCUT2D eigenvalue weighted by atomic mass is 9.76. The molecule has 0 unspecified atom stereocenters. The van der Waals surface area contributed by atoms with Crippen molar-refractivity contribution in [3.63, 3.8) is 0 Å². The third kappa shape index (κ3) is 6.03. The van der Waals surface area contributed by atoms with Crippen LogP contribution in [0.2, 0.25) is 0 Å². The van der Waals surface area contributed by atoms with Crippen molar-refractivity contribution in [2.75, 3.05) is 26.2 Å². The van der Waals surface area contributed by atoms with Gasteiger partial charge in [-0.05, 0) is 58.4 Å². The number of hydrogen-bond donors (Lipinski definition) is 2. The Bertz CT molecular complexity index is 617. The molecule has 0 bridgehead atoms. The molecule has 3 rings (SSSR count). The Morgan fingerprint density at radius 1 is 0.897 bits per heavy atom. The Kier molecular flexibility index (Phi) is 9.36. The lowest BCUT2D eigenvalue weighted by Crippen LogP contribution is -2.46. The summed E-state index contributed by atoms with van der Waals surface area (Å²) in [6.45, 7) is 17.7. The maximum atomic E-state index is 11.1. The van der Waals surface area contributed by atoms with Crippen molar-refractivity contribution in [1.82, 2.24) is 10.2 Å². The summed E-state index contributed by atoms with van der Waals surface area (Å²) in [6.07, 6.45) is 5.41. The molecular weight excluding hydrogens is 403 g/mol. The van der Waals surface area contributed by atoms with Crippen molar-refractivity contribution in [2.45, 2.75) is 84.1 Å². The molecule has 168 valence electrons. The van der Waals surface area contributed by atoms with Gasteiger partial charge in [-0.1, -0.05) is 54.4 Å². The van der Waals surface area contributed by atoms with Crippen LogP contribution in [0.15, 0.2) is 12.1 Å². The first-order valence-corrected chi connectivity index (χ1v) is 10.9. The molecule has 1 heterocycles. The summed E-state index contributed by atoms with van der Waals surface area (Å²) >= 11 is 0. The highest BCUT2D eigenvalue weighted by atomic mass is 35.5. The van der Waals surface area contributed by atoms with E-state index < -0.39 is 0 Å². The number of nitrogens with zero attached hydrogens (tertiary/aromatic N) is 1. The van der Waals surface area contributed by atoms with Gasteiger partial charge in [-0.3, -0.25) is 4.90 Å². The number of rotatable bonds is 3. The van der Waals surface area contributed by atoms with Gasteiger partial charge in [-0.15, -0.1) is 24.8 Å². The zero-order valence-corrected chi connectivity index (χ0v) is 20.8. The van der Waals surface area contributed by atoms with Gasteiger partial charge in [0.1, 0.15) is 5.75 Å². The van der Waals surface area contributed by atoms with Crippen molar-refractivity contribution in [2.24, 2.45) is 5.92 Å². The molecule has 1 saturated carbocycles. The van der Waals surface area contributed by atoms with E-state index in [0.29, 0.717) is 11.8 Å². The van der Waals surface area contributed by atoms with Gasteiger partial charge in [-0.2, -0.15) is 0 Å². The monoisotopic (exact) mass is 444 g/mol. The fourth-order valence-electron chi connectivity index (χ4n) is 4.99. The number of hydrogen-bond acceptors (Lipinski definition) is 3. The van der Waals surface area contributed by atoms with Crippen LogP contribution in [0.1, 0.15) is 90.0 Å². The quantitative estimate of drug-likeness (QED) is 0.602. The summed E-state index contributed by atoms with van der Waals surface area (Å²) in [5.74, 6) is 1.25. The van der Waals surface area contributed by atoms with E-state index in [4.69, 9.17) is 0 Å². The predicted octanol–water partition coefficient (Wildman–Crippen LogP) is 5.97. The van der Waals surface area contributed by atoms with Crippen LogP contribution in [0.3, 0.4) is 0 Å². The lowest BCUT2D eigenvalue weighted by Gasteiger charge is -2.40. The summed E-state index contributed by atoms with van der Waals surface area (Å²) in [5.41, 5.74) is 3.50. The molecule has 1 aromatic rings. The van der Waals surface area contributed by atoms with Crippen LogP contribution >= 0.6 is 24.8 Å². The lowest BCUT2D eigenvalue weighted by molar-refractivity contribution is 0.125. The van der Waals surface area contributed by atoms with E-state index in [1.165, 1.54) is 31.2 Å². The van der Waals surface area contributed by atoms with Crippen molar-refractivity contribution >= 4 is 24.8 Å². The average Bonchev–Trinajstić information content (AvgIpc) is 3.09. The van der Waals surface area contributed by atoms with Crippen molar-refractivity contribution < 1.29 is 5.11 Å².